The Morgan fingerprint density at radius 3 is 2.93 bits per heavy atom. The van der Waals surface area contributed by atoms with Gasteiger partial charge >= 0.3 is 0 Å². The summed E-state index contributed by atoms with van der Waals surface area (Å²) in [6, 6.07) is 2.91. The maximum Gasteiger partial charge on any atom is 0.0358 e. The number of aromatic nitrogens is 1. The minimum absolute atomic E-state index is 0.816. The van der Waals surface area contributed by atoms with Crippen molar-refractivity contribution in [3.63, 3.8) is 0 Å². The zero-order chi connectivity index (χ0) is 9.80. The number of hydrogen-bond donors (Lipinski definition) is 3. The summed E-state index contributed by atoms with van der Waals surface area (Å²) in [5.74, 6) is 0. The molecule has 0 aliphatic heterocycles. The third kappa shape index (κ3) is 3.44. The Balaban J connectivity index is 1.53. The van der Waals surface area contributed by atoms with Gasteiger partial charge in [0.25, 0.3) is 0 Å². The number of nitrogens with one attached hydrogen (secondary N) is 3. The number of halogens is 1. The van der Waals surface area contributed by atoms with Gasteiger partial charge in [0.2, 0.25) is 0 Å². The summed E-state index contributed by atoms with van der Waals surface area (Å²) < 4.78 is 1.12. The van der Waals surface area contributed by atoms with Crippen LogP contribution in [0, 0.1) is 0 Å². The Hall–Kier alpha value is -0.320. The lowest BCUT2D eigenvalue weighted by atomic mass is 10.4. The molecular formula is C10H16BrN3. The van der Waals surface area contributed by atoms with E-state index >= 15 is 0 Å². The second-order valence-electron chi connectivity index (χ2n) is 3.75. The molecule has 0 bridgehead atoms. The first-order chi connectivity index (χ1) is 6.84. The molecule has 1 saturated carbocycles. The van der Waals surface area contributed by atoms with Crippen LogP contribution in [0.25, 0.3) is 0 Å². The molecule has 0 aromatic carbocycles. The van der Waals surface area contributed by atoms with Crippen LogP contribution in [0.1, 0.15) is 18.5 Å². The van der Waals surface area contributed by atoms with Crippen molar-refractivity contribution < 1.29 is 0 Å². The van der Waals surface area contributed by atoms with Gasteiger partial charge in [0.1, 0.15) is 0 Å². The molecule has 3 nitrogen and oxygen atoms in total. The second kappa shape index (κ2) is 4.96. The predicted molar refractivity (Wildman–Crippen MR) is 61.2 cm³/mol. The summed E-state index contributed by atoms with van der Waals surface area (Å²) in [5, 5.41) is 6.85. The van der Waals surface area contributed by atoms with E-state index in [-0.39, 0.29) is 0 Å². The van der Waals surface area contributed by atoms with Crippen molar-refractivity contribution >= 4 is 15.9 Å². The summed E-state index contributed by atoms with van der Waals surface area (Å²) in [6.45, 7) is 3.03. The van der Waals surface area contributed by atoms with Gasteiger partial charge in [-0.1, -0.05) is 0 Å². The Bertz CT molecular complexity index is 281. The topological polar surface area (TPSA) is 39.9 Å². The molecule has 1 fully saturated rings. The summed E-state index contributed by atoms with van der Waals surface area (Å²) in [7, 11) is 0. The first-order valence-corrected chi connectivity index (χ1v) is 5.91. The molecule has 0 amide bonds. The quantitative estimate of drug-likeness (QED) is 0.678. The lowest BCUT2D eigenvalue weighted by Gasteiger charge is -2.03. The SMILES string of the molecule is Brc1c[nH]c(CNCCNC2CC2)c1. The maximum absolute atomic E-state index is 3.47. The van der Waals surface area contributed by atoms with Crippen molar-refractivity contribution in [1.29, 1.82) is 0 Å². The van der Waals surface area contributed by atoms with Gasteiger partial charge in [-0.15, -0.1) is 0 Å². The van der Waals surface area contributed by atoms with Gasteiger partial charge < -0.3 is 15.6 Å². The van der Waals surface area contributed by atoms with E-state index in [9.17, 15) is 0 Å². The monoisotopic (exact) mass is 257 g/mol. The van der Waals surface area contributed by atoms with E-state index in [4.69, 9.17) is 0 Å². The molecule has 0 radical (unpaired) electrons. The third-order valence-electron chi connectivity index (χ3n) is 2.34. The van der Waals surface area contributed by atoms with Gasteiger partial charge in [0.05, 0.1) is 0 Å². The number of rotatable bonds is 6. The zero-order valence-electron chi connectivity index (χ0n) is 8.15. The van der Waals surface area contributed by atoms with Gasteiger partial charge in [-0.3, -0.25) is 0 Å². The van der Waals surface area contributed by atoms with Crippen LogP contribution in [0.4, 0.5) is 0 Å². The minimum Gasteiger partial charge on any atom is -0.363 e. The molecule has 0 unspecified atom stereocenters. The minimum atomic E-state index is 0.816. The first-order valence-electron chi connectivity index (χ1n) is 5.11. The largest absolute Gasteiger partial charge is 0.363 e. The highest BCUT2D eigenvalue weighted by Gasteiger charge is 2.19. The molecule has 78 valence electrons. The van der Waals surface area contributed by atoms with Crippen LogP contribution in [0.3, 0.4) is 0 Å². The summed E-state index contributed by atoms with van der Waals surface area (Å²) in [6.07, 6.45) is 4.69. The van der Waals surface area contributed by atoms with Gasteiger partial charge in [-0.2, -0.15) is 0 Å². The van der Waals surface area contributed by atoms with Crippen LogP contribution in [0.5, 0.6) is 0 Å². The number of hydrogen-bond acceptors (Lipinski definition) is 2. The normalized spacial score (nSPS) is 16.1. The molecule has 0 saturated heterocycles. The van der Waals surface area contributed by atoms with Crippen LogP contribution in [-0.2, 0) is 6.54 Å². The standard InChI is InChI=1S/C10H16BrN3/c11-8-5-10(14-6-8)7-12-3-4-13-9-1-2-9/h5-6,9,12-14H,1-4,7H2. The molecule has 14 heavy (non-hydrogen) atoms. The molecule has 1 aliphatic rings. The summed E-state index contributed by atoms with van der Waals surface area (Å²) in [4.78, 5) is 3.19. The average Bonchev–Trinajstić information content (AvgIpc) is 2.89. The van der Waals surface area contributed by atoms with Crippen LogP contribution in [0.15, 0.2) is 16.7 Å². The Labute approximate surface area is 92.8 Å². The van der Waals surface area contributed by atoms with Gasteiger partial charge in [-0.25, -0.2) is 0 Å². The molecule has 1 aromatic rings. The molecule has 1 heterocycles. The fourth-order valence-corrected chi connectivity index (χ4v) is 1.78. The van der Waals surface area contributed by atoms with Crippen molar-refractivity contribution in [1.82, 2.24) is 15.6 Å². The Kier molecular flexibility index (Phi) is 3.61. The van der Waals surface area contributed by atoms with Crippen molar-refractivity contribution in [2.24, 2.45) is 0 Å². The summed E-state index contributed by atoms with van der Waals surface area (Å²) in [5.41, 5.74) is 1.23. The number of aromatic amines is 1. The van der Waals surface area contributed by atoms with Gasteiger partial charge in [-0.05, 0) is 34.8 Å². The molecule has 1 aliphatic carbocycles. The fourth-order valence-electron chi connectivity index (χ4n) is 1.39. The van der Waals surface area contributed by atoms with Crippen molar-refractivity contribution in [3.8, 4) is 0 Å². The van der Waals surface area contributed by atoms with Gasteiger partial charge in [0, 0.05) is 42.0 Å². The van der Waals surface area contributed by atoms with E-state index in [1.165, 1.54) is 18.5 Å². The zero-order valence-corrected chi connectivity index (χ0v) is 9.73. The highest BCUT2D eigenvalue weighted by Crippen LogP contribution is 2.17. The maximum atomic E-state index is 3.47. The molecule has 0 spiro atoms. The van der Waals surface area contributed by atoms with Crippen molar-refractivity contribution in [2.75, 3.05) is 13.1 Å². The highest BCUT2D eigenvalue weighted by atomic mass is 79.9. The first kappa shape index (κ1) is 10.2. The lowest BCUT2D eigenvalue weighted by molar-refractivity contribution is 0.605. The van der Waals surface area contributed by atoms with Crippen molar-refractivity contribution in [2.45, 2.75) is 25.4 Å². The predicted octanol–water partition coefficient (Wildman–Crippen LogP) is 1.62. The van der Waals surface area contributed by atoms with Crippen LogP contribution in [0.2, 0.25) is 0 Å². The second-order valence-corrected chi connectivity index (χ2v) is 4.66. The van der Waals surface area contributed by atoms with Gasteiger partial charge in [0.15, 0.2) is 0 Å². The average molecular weight is 258 g/mol. The van der Waals surface area contributed by atoms with E-state index in [1.807, 2.05) is 6.20 Å². The Morgan fingerprint density at radius 2 is 2.29 bits per heavy atom. The van der Waals surface area contributed by atoms with E-state index in [0.717, 1.165) is 30.1 Å². The van der Waals surface area contributed by atoms with Crippen molar-refractivity contribution in [3.05, 3.63) is 22.4 Å². The highest BCUT2D eigenvalue weighted by molar-refractivity contribution is 9.10. The van der Waals surface area contributed by atoms with Crippen LogP contribution in [-0.4, -0.2) is 24.1 Å². The number of H-pyrrole nitrogens is 1. The van der Waals surface area contributed by atoms with E-state index < -0.39 is 0 Å². The molecule has 2 rings (SSSR count). The van der Waals surface area contributed by atoms with E-state index in [2.05, 4.69) is 37.6 Å². The fraction of sp³-hybridized carbons (Fsp3) is 0.600. The molecule has 3 N–H and O–H groups in total. The van der Waals surface area contributed by atoms with Crippen LogP contribution < -0.4 is 10.6 Å². The molecular weight excluding hydrogens is 242 g/mol. The smallest absolute Gasteiger partial charge is 0.0358 e. The van der Waals surface area contributed by atoms with E-state index in [1.54, 1.807) is 0 Å². The Morgan fingerprint density at radius 1 is 1.43 bits per heavy atom. The third-order valence-corrected chi connectivity index (χ3v) is 2.79. The summed E-state index contributed by atoms with van der Waals surface area (Å²) >= 11 is 3.41. The van der Waals surface area contributed by atoms with Crippen LogP contribution >= 0.6 is 15.9 Å². The molecule has 0 atom stereocenters. The van der Waals surface area contributed by atoms with E-state index in [0.29, 0.717) is 0 Å². The molecule has 1 aromatic heterocycles. The molecule has 4 heteroatoms. The lowest BCUT2D eigenvalue weighted by Crippen LogP contribution is -2.28.